The number of hydrogen-bond donors (Lipinski definition) is 2. The highest BCUT2D eigenvalue weighted by molar-refractivity contribution is 6.03. The molecule has 0 radical (unpaired) electrons. The highest BCUT2D eigenvalue weighted by Gasteiger charge is 2.09. The topological polar surface area (TPSA) is 101 Å². The summed E-state index contributed by atoms with van der Waals surface area (Å²) < 4.78 is 4.89. The summed E-state index contributed by atoms with van der Waals surface area (Å²) in [6.07, 6.45) is 2.55. The maximum atomic E-state index is 11.9. The molecule has 2 aromatic heterocycles. The van der Waals surface area contributed by atoms with E-state index in [0.29, 0.717) is 11.4 Å². The maximum Gasteiger partial charge on any atom is 0.337 e. The van der Waals surface area contributed by atoms with Crippen molar-refractivity contribution >= 4 is 17.7 Å². The highest BCUT2D eigenvalue weighted by Crippen LogP contribution is 2.10. The van der Waals surface area contributed by atoms with Crippen LogP contribution in [0.25, 0.3) is 0 Å². The van der Waals surface area contributed by atoms with Crippen molar-refractivity contribution in [3.05, 3.63) is 47.8 Å². The van der Waals surface area contributed by atoms with Gasteiger partial charge in [0.2, 0.25) is 5.88 Å². The van der Waals surface area contributed by atoms with E-state index in [0.717, 1.165) is 0 Å². The molecule has 2 aromatic rings. The summed E-state index contributed by atoms with van der Waals surface area (Å²) in [6, 6.07) is 5.90. The molecule has 102 valence electrons. The lowest BCUT2D eigenvalue weighted by atomic mass is 10.2. The zero-order chi connectivity index (χ0) is 14.5. The molecule has 0 unspecified atom stereocenters. The smallest absolute Gasteiger partial charge is 0.337 e. The van der Waals surface area contributed by atoms with Gasteiger partial charge in [0.15, 0.2) is 0 Å². The van der Waals surface area contributed by atoms with Crippen LogP contribution in [-0.4, -0.2) is 34.1 Å². The normalized spacial score (nSPS) is 9.85. The van der Waals surface area contributed by atoms with Crippen molar-refractivity contribution < 1.29 is 19.4 Å². The first-order valence-corrected chi connectivity index (χ1v) is 5.61. The van der Waals surface area contributed by atoms with Gasteiger partial charge in [-0.05, 0) is 18.2 Å². The molecule has 7 nitrogen and oxygen atoms in total. The molecule has 0 aliphatic carbocycles. The average Bonchev–Trinajstić information content (AvgIpc) is 2.48. The quantitative estimate of drug-likeness (QED) is 0.873. The molecule has 0 aliphatic heterocycles. The number of anilines is 1. The number of carboxylic acids is 1. The second kappa shape index (κ2) is 5.79. The van der Waals surface area contributed by atoms with E-state index < -0.39 is 11.9 Å². The first-order chi connectivity index (χ1) is 9.60. The highest BCUT2D eigenvalue weighted by atomic mass is 16.5. The number of aromatic carboxylic acids is 1. The number of nitrogens with one attached hydrogen (secondary N) is 1. The molecule has 0 spiro atoms. The number of carbonyl (C=O) groups is 2. The van der Waals surface area contributed by atoms with E-state index >= 15 is 0 Å². The van der Waals surface area contributed by atoms with E-state index in [2.05, 4.69) is 15.3 Å². The van der Waals surface area contributed by atoms with Gasteiger partial charge in [-0.25, -0.2) is 14.8 Å². The van der Waals surface area contributed by atoms with Crippen molar-refractivity contribution in [2.24, 2.45) is 0 Å². The van der Waals surface area contributed by atoms with Gasteiger partial charge in [0.05, 0.1) is 18.2 Å². The van der Waals surface area contributed by atoms with E-state index in [1.54, 1.807) is 12.1 Å². The average molecular weight is 273 g/mol. The van der Waals surface area contributed by atoms with Crippen molar-refractivity contribution in [3.8, 4) is 5.88 Å². The first kappa shape index (κ1) is 13.5. The largest absolute Gasteiger partial charge is 0.481 e. The SMILES string of the molecule is COc1ccc(C(=O)Nc2ccc(C(=O)O)cn2)cn1. The summed E-state index contributed by atoms with van der Waals surface area (Å²) in [4.78, 5) is 30.3. The van der Waals surface area contributed by atoms with Crippen molar-refractivity contribution in [2.75, 3.05) is 12.4 Å². The minimum atomic E-state index is -1.07. The lowest BCUT2D eigenvalue weighted by molar-refractivity contribution is 0.0696. The minimum absolute atomic E-state index is 0.0501. The van der Waals surface area contributed by atoms with Gasteiger partial charge in [-0.15, -0.1) is 0 Å². The monoisotopic (exact) mass is 273 g/mol. The Morgan fingerprint density at radius 3 is 2.30 bits per heavy atom. The van der Waals surface area contributed by atoms with Crippen LogP contribution in [0, 0.1) is 0 Å². The number of amides is 1. The number of pyridine rings is 2. The van der Waals surface area contributed by atoms with E-state index in [1.165, 1.54) is 31.6 Å². The predicted molar refractivity (Wildman–Crippen MR) is 69.9 cm³/mol. The molecule has 0 bridgehead atoms. The molecule has 0 aromatic carbocycles. The fraction of sp³-hybridized carbons (Fsp3) is 0.0769. The van der Waals surface area contributed by atoms with E-state index in [1.807, 2.05) is 0 Å². The maximum absolute atomic E-state index is 11.9. The van der Waals surface area contributed by atoms with Gasteiger partial charge in [-0.1, -0.05) is 0 Å². The molecule has 0 fully saturated rings. The fourth-order valence-electron chi connectivity index (χ4n) is 1.42. The third-order valence-corrected chi connectivity index (χ3v) is 2.46. The van der Waals surface area contributed by atoms with Gasteiger partial charge < -0.3 is 15.2 Å². The van der Waals surface area contributed by atoms with Crippen LogP contribution in [-0.2, 0) is 0 Å². The third-order valence-electron chi connectivity index (χ3n) is 2.46. The summed E-state index contributed by atoms with van der Waals surface area (Å²) in [5.41, 5.74) is 0.393. The van der Waals surface area contributed by atoms with Crippen molar-refractivity contribution in [2.45, 2.75) is 0 Å². The third kappa shape index (κ3) is 3.08. The number of hydrogen-bond acceptors (Lipinski definition) is 5. The van der Waals surface area contributed by atoms with Gasteiger partial charge in [-0.3, -0.25) is 4.79 Å². The van der Waals surface area contributed by atoms with Crippen LogP contribution < -0.4 is 10.1 Å². The van der Waals surface area contributed by atoms with Crippen LogP contribution >= 0.6 is 0 Å². The van der Waals surface area contributed by atoms with E-state index in [4.69, 9.17) is 9.84 Å². The van der Waals surface area contributed by atoms with Crippen molar-refractivity contribution in [1.29, 1.82) is 0 Å². The van der Waals surface area contributed by atoms with Gasteiger partial charge in [0.25, 0.3) is 5.91 Å². The predicted octanol–water partition coefficient (Wildman–Crippen LogP) is 1.44. The molecule has 0 atom stereocenters. The van der Waals surface area contributed by atoms with Gasteiger partial charge in [-0.2, -0.15) is 0 Å². The number of carbonyl (C=O) groups excluding carboxylic acids is 1. The number of rotatable bonds is 4. The van der Waals surface area contributed by atoms with Crippen LogP contribution in [0.4, 0.5) is 5.82 Å². The molecule has 0 aliphatic rings. The van der Waals surface area contributed by atoms with Crippen molar-refractivity contribution in [3.63, 3.8) is 0 Å². The Morgan fingerprint density at radius 2 is 1.80 bits per heavy atom. The first-order valence-electron chi connectivity index (χ1n) is 5.61. The zero-order valence-corrected chi connectivity index (χ0v) is 10.5. The Morgan fingerprint density at radius 1 is 1.10 bits per heavy atom. The number of methoxy groups -OCH3 is 1. The molecule has 0 saturated heterocycles. The summed E-state index contributed by atoms with van der Waals surface area (Å²) in [5.74, 6) is -0.799. The second-order valence-electron chi connectivity index (χ2n) is 3.78. The number of nitrogens with zero attached hydrogens (tertiary/aromatic N) is 2. The van der Waals surface area contributed by atoms with Crippen LogP contribution in [0.3, 0.4) is 0 Å². The molecule has 7 heteroatoms. The molecule has 2 heterocycles. The lowest BCUT2D eigenvalue weighted by Crippen LogP contribution is -2.13. The Bertz CT molecular complexity index is 623. The molecule has 0 saturated carbocycles. The Balaban J connectivity index is 2.08. The second-order valence-corrected chi connectivity index (χ2v) is 3.78. The van der Waals surface area contributed by atoms with Gasteiger partial charge in [0.1, 0.15) is 5.82 Å². The fourth-order valence-corrected chi connectivity index (χ4v) is 1.42. The summed E-state index contributed by atoms with van der Waals surface area (Å²) in [6.45, 7) is 0. The summed E-state index contributed by atoms with van der Waals surface area (Å²) >= 11 is 0. The molecular formula is C13H11N3O4. The molecule has 2 N–H and O–H groups in total. The number of ether oxygens (including phenoxy) is 1. The molecule has 1 amide bonds. The van der Waals surface area contributed by atoms with Crippen LogP contribution in [0.15, 0.2) is 36.7 Å². The molecule has 20 heavy (non-hydrogen) atoms. The Kier molecular flexibility index (Phi) is 3.90. The Labute approximate surface area is 114 Å². The summed E-state index contributed by atoms with van der Waals surface area (Å²) in [7, 11) is 1.48. The van der Waals surface area contributed by atoms with E-state index in [9.17, 15) is 9.59 Å². The van der Waals surface area contributed by atoms with Crippen LogP contribution in [0.1, 0.15) is 20.7 Å². The van der Waals surface area contributed by atoms with E-state index in [-0.39, 0.29) is 11.4 Å². The standard InChI is InChI=1S/C13H11N3O4/c1-20-11-5-3-8(6-15-11)12(17)16-10-4-2-9(7-14-10)13(18)19/h2-7H,1H3,(H,18,19)(H,14,16,17). The summed E-state index contributed by atoms with van der Waals surface area (Å²) in [5, 5.41) is 11.3. The van der Waals surface area contributed by atoms with Gasteiger partial charge in [0, 0.05) is 18.5 Å². The zero-order valence-electron chi connectivity index (χ0n) is 10.5. The van der Waals surface area contributed by atoms with Crippen LogP contribution in [0.2, 0.25) is 0 Å². The molecular weight excluding hydrogens is 262 g/mol. The van der Waals surface area contributed by atoms with Gasteiger partial charge >= 0.3 is 5.97 Å². The van der Waals surface area contributed by atoms with Crippen LogP contribution in [0.5, 0.6) is 5.88 Å². The Hall–Kier alpha value is -2.96. The minimum Gasteiger partial charge on any atom is -0.481 e. The number of carboxylic acid groups (broad SMARTS) is 1. The molecule has 2 rings (SSSR count). The van der Waals surface area contributed by atoms with Crippen molar-refractivity contribution in [1.82, 2.24) is 9.97 Å². The number of aromatic nitrogens is 2. The lowest BCUT2D eigenvalue weighted by Gasteiger charge is -2.05.